The van der Waals surface area contributed by atoms with Crippen LogP contribution in [0.15, 0.2) is 70.0 Å². The number of amides is 3. The molecule has 3 amide bonds. The SMILES string of the molecule is COCc1nc(CN2CCN([C@H](C(=O)N[C@@H](Cc3ccccc3)[C@H](O)CNC(C(C)C)S(=O)(=O)c3ccc(CN=O)cc3)C(C)C)C2=O)cs1. The molecule has 13 nitrogen and oxygen atoms in total. The van der Waals surface area contributed by atoms with E-state index in [4.69, 9.17) is 4.74 Å². The number of hydrogen-bond donors (Lipinski definition) is 3. The van der Waals surface area contributed by atoms with Gasteiger partial charge in [0.05, 0.1) is 35.9 Å². The number of methoxy groups -OCH3 is 1. The average Bonchev–Trinajstić information content (AvgIpc) is 3.67. The number of rotatable bonds is 19. The Balaban J connectivity index is 1.49. The Kier molecular flexibility index (Phi) is 14.0. The van der Waals surface area contributed by atoms with Crippen molar-refractivity contribution < 1.29 is 27.9 Å². The molecule has 3 aromatic rings. The third-order valence-corrected chi connectivity index (χ3v) is 11.8. The Morgan fingerprint density at radius 2 is 1.74 bits per heavy atom. The maximum atomic E-state index is 14.0. The van der Waals surface area contributed by atoms with Crippen LogP contribution in [0.4, 0.5) is 4.79 Å². The highest BCUT2D eigenvalue weighted by molar-refractivity contribution is 7.92. The van der Waals surface area contributed by atoms with Gasteiger partial charge < -0.3 is 25.0 Å². The summed E-state index contributed by atoms with van der Waals surface area (Å²) in [4.78, 5) is 46.1. The molecule has 2 aromatic carbocycles. The molecule has 1 aliphatic heterocycles. The first-order valence-electron chi connectivity index (χ1n) is 16.7. The van der Waals surface area contributed by atoms with Crippen molar-refractivity contribution in [1.29, 1.82) is 0 Å². The van der Waals surface area contributed by atoms with Gasteiger partial charge in [0.25, 0.3) is 0 Å². The van der Waals surface area contributed by atoms with Crippen LogP contribution in [0.1, 0.15) is 49.5 Å². The molecule has 1 saturated heterocycles. The molecule has 2 heterocycles. The molecule has 4 atom stereocenters. The Bertz CT molecular complexity index is 1670. The number of nitrogens with one attached hydrogen (secondary N) is 2. The van der Waals surface area contributed by atoms with E-state index in [0.717, 1.165) is 16.3 Å². The molecule has 3 N–H and O–H groups in total. The van der Waals surface area contributed by atoms with Crippen molar-refractivity contribution in [2.24, 2.45) is 17.0 Å². The number of thiazole rings is 1. The Morgan fingerprint density at radius 1 is 1.04 bits per heavy atom. The summed E-state index contributed by atoms with van der Waals surface area (Å²) in [5.74, 6) is -0.997. The van der Waals surface area contributed by atoms with Crippen molar-refractivity contribution in [3.05, 3.63) is 86.7 Å². The molecule has 1 aromatic heterocycles. The van der Waals surface area contributed by atoms with Crippen LogP contribution in [0.25, 0.3) is 0 Å². The summed E-state index contributed by atoms with van der Waals surface area (Å²) in [6, 6.07) is 13.5. The van der Waals surface area contributed by atoms with Crippen LogP contribution in [0.5, 0.6) is 0 Å². The van der Waals surface area contributed by atoms with Gasteiger partial charge in [-0.2, -0.15) is 4.91 Å². The number of hydrogen-bond acceptors (Lipinski definition) is 11. The van der Waals surface area contributed by atoms with E-state index in [1.165, 1.54) is 23.5 Å². The summed E-state index contributed by atoms with van der Waals surface area (Å²) < 4.78 is 32.5. The largest absolute Gasteiger partial charge is 0.390 e. The fraction of sp³-hybridized carbons (Fsp3) is 0.514. The fourth-order valence-electron chi connectivity index (χ4n) is 6.13. The lowest BCUT2D eigenvalue weighted by molar-refractivity contribution is -0.128. The van der Waals surface area contributed by atoms with Crippen molar-refractivity contribution in [3.63, 3.8) is 0 Å². The number of benzene rings is 2. The number of urea groups is 1. The van der Waals surface area contributed by atoms with Gasteiger partial charge in [-0.25, -0.2) is 18.2 Å². The van der Waals surface area contributed by atoms with E-state index in [2.05, 4.69) is 20.8 Å². The number of sulfone groups is 1. The average molecular weight is 729 g/mol. The maximum Gasteiger partial charge on any atom is 0.321 e. The summed E-state index contributed by atoms with van der Waals surface area (Å²) in [7, 11) is -2.28. The van der Waals surface area contributed by atoms with Crippen molar-refractivity contribution in [2.45, 2.75) is 82.3 Å². The van der Waals surface area contributed by atoms with Crippen LogP contribution >= 0.6 is 11.3 Å². The topological polar surface area (TPSA) is 171 Å². The second-order valence-corrected chi connectivity index (χ2v) is 16.2. The summed E-state index contributed by atoms with van der Waals surface area (Å²) in [5, 5.41) is 22.1. The minimum absolute atomic E-state index is 0.0581. The van der Waals surface area contributed by atoms with E-state index in [1.54, 1.807) is 42.9 Å². The van der Waals surface area contributed by atoms with Gasteiger partial charge in [-0.05, 0) is 41.5 Å². The number of aromatic nitrogens is 1. The number of aliphatic hydroxyl groups excluding tert-OH is 1. The lowest BCUT2D eigenvalue weighted by atomic mass is 9.97. The number of ether oxygens (including phenoxy) is 1. The molecule has 1 unspecified atom stereocenters. The number of nitroso groups, excluding NO2 is 1. The van der Waals surface area contributed by atoms with E-state index in [0.29, 0.717) is 31.8 Å². The van der Waals surface area contributed by atoms with Crippen LogP contribution < -0.4 is 10.6 Å². The second-order valence-electron chi connectivity index (χ2n) is 13.2. The van der Waals surface area contributed by atoms with E-state index < -0.39 is 39.3 Å². The Hall–Kier alpha value is -3.76. The van der Waals surface area contributed by atoms with Crippen molar-refractivity contribution in [3.8, 4) is 0 Å². The van der Waals surface area contributed by atoms with Gasteiger partial charge in [-0.1, -0.05) is 75.3 Å². The summed E-state index contributed by atoms with van der Waals surface area (Å²) in [6.07, 6.45) is -0.902. The first-order chi connectivity index (χ1) is 23.8. The zero-order valence-electron chi connectivity index (χ0n) is 29.2. The standard InChI is InChI=1S/C35H48N6O7S2/c1-23(2)32(41-16-15-40(35(41)44)20-27-22-49-31(38-27)21-48-5)33(43)39-29(17-25-9-7-6-8-10-25)30(42)19-36-34(24(3)4)50(46,47)28-13-11-26(12-14-28)18-37-45/h6-14,22-24,29-30,32,34,36,42H,15-21H2,1-5H3,(H,39,43)/t29-,30+,32-,34?/m0/s1. The normalized spacial score (nSPS) is 16.1. The predicted molar refractivity (Wildman–Crippen MR) is 192 cm³/mol. The van der Waals surface area contributed by atoms with E-state index in [9.17, 15) is 28.0 Å². The maximum absolute atomic E-state index is 14.0. The molecule has 1 fully saturated rings. The van der Waals surface area contributed by atoms with Gasteiger partial charge in [0.2, 0.25) is 5.91 Å². The highest BCUT2D eigenvalue weighted by Gasteiger charge is 2.40. The monoisotopic (exact) mass is 728 g/mol. The molecule has 15 heteroatoms. The van der Waals surface area contributed by atoms with Gasteiger partial charge in [-0.15, -0.1) is 11.3 Å². The second kappa shape index (κ2) is 17.9. The molecule has 0 saturated carbocycles. The van der Waals surface area contributed by atoms with Gasteiger partial charge in [0.1, 0.15) is 23.0 Å². The van der Waals surface area contributed by atoms with Crippen LogP contribution in [-0.2, 0) is 45.5 Å². The molecule has 1 aliphatic rings. The molecule has 0 bridgehead atoms. The van der Waals surface area contributed by atoms with Crippen molar-refractivity contribution in [1.82, 2.24) is 25.4 Å². The number of nitrogens with zero attached hydrogens (tertiary/aromatic N) is 4. The quantitative estimate of drug-likeness (QED) is 0.155. The summed E-state index contributed by atoms with van der Waals surface area (Å²) >= 11 is 1.47. The van der Waals surface area contributed by atoms with Gasteiger partial charge in [0.15, 0.2) is 9.84 Å². The molecule has 4 rings (SSSR count). The summed E-state index contributed by atoms with van der Waals surface area (Å²) in [6.45, 7) is 8.62. The molecule has 50 heavy (non-hydrogen) atoms. The lowest BCUT2D eigenvalue weighted by Crippen LogP contribution is -2.57. The van der Waals surface area contributed by atoms with E-state index in [-0.39, 0.29) is 42.3 Å². The van der Waals surface area contributed by atoms with Gasteiger partial charge in [-0.3, -0.25) is 10.1 Å². The Morgan fingerprint density at radius 3 is 2.36 bits per heavy atom. The van der Waals surface area contributed by atoms with Crippen LogP contribution in [0.3, 0.4) is 0 Å². The molecule has 0 radical (unpaired) electrons. The molecular weight excluding hydrogens is 681 g/mol. The van der Waals surface area contributed by atoms with E-state index in [1.807, 2.05) is 49.6 Å². The predicted octanol–water partition coefficient (Wildman–Crippen LogP) is 3.95. The highest BCUT2D eigenvalue weighted by atomic mass is 32.2. The molecule has 0 aliphatic carbocycles. The lowest BCUT2D eigenvalue weighted by Gasteiger charge is -2.33. The zero-order valence-corrected chi connectivity index (χ0v) is 30.8. The number of carbonyl (C=O) groups excluding carboxylic acids is 2. The van der Waals surface area contributed by atoms with Crippen molar-refractivity contribution in [2.75, 3.05) is 26.7 Å². The first kappa shape index (κ1) is 39.0. The minimum atomic E-state index is -3.88. The fourth-order valence-corrected chi connectivity index (χ4v) is 8.72. The van der Waals surface area contributed by atoms with Crippen molar-refractivity contribution >= 4 is 33.1 Å². The minimum Gasteiger partial charge on any atom is -0.390 e. The third kappa shape index (κ3) is 9.94. The molecule has 272 valence electrons. The third-order valence-electron chi connectivity index (χ3n) is 8.64. The van der Waals surface area contributed by atoms with E-state index >= 15 is 0 Å². The number of carbonyl (C=O) groups is 2. The van der Waals surface area contributed by atoms with Crippen LogP contribution in [0.2, 0.25) is 0 Å². The zero-order chi connectivity index (χ0) is 36.4. The summed E-state index contributed by atoms with van der Waals surface area (Å²) in [5.41, 5.74) is 2.23. The molecule has 0 spiro atoms. The smallest absolute Gasteiger partial charge is 0.321 e. The van der Waals surface area contributed by atoms with Gasteiger partial charge in [0, 0.05) is 32.1 Å². The van der Waals surface area contributed by atoms with Gasteiger partial charge >= 0.3 is 6.03 Å². The van der Waals surface area contributed by atoms with Crippen LogP contribution in [0, 0.1) is 16.7 Å². The molecular formula is C35H48N6O7S2. The first-order valence-corrected chi connectivity index (χ1v) is 19.1. The Labute approximate surface area is 298 Å². The van der Waals surface area contributed by atoms with Crippen LogP contribution in [-0.4, -0.2) is 90.6 Å². The number of aliphatic hydroxyl groups is 1. The highest BCUT2D eigenvalue weighted by Crippen LogP contribution is 2.23.